The van der Waals surface area contributed by atoms with E-state index < -0.39 is 36.9 Å². The molecular weight excluding hydrogens is 258 g/mol. The molecule has 5 N–H and O–H groups in total. The Kier molecular flexibility index (Phi) is 5.80. The predicted molar refractivity (Wildman–Crippen MR) is 60.4 cm³/mol. The molecule has 1 aromatic rings. The summed E-state index contributed by atoms with van der Waals surface area (Å²) in [5.41, 5.74) is -0.0871. The van der Waals surface area contributed by atoms with Crippen LogP contribution < -0.4 is 5.55 Å². The Balaban J connectivity index is 2.78. The molecule has 0 fully saturated rings. The smallest absolute Gasteiger partial charge is 0.280 e. The van der Waals surface area contributed by atoms with Crippen molar-refractivity contribution < 1.29 is 34.7 Å². The van der Waals surface area contributed by atoms with Crippen LogP contribution in [-0.2, 0) is 4.79 Å². The van der Waals surface area contributed by atoms with Gasteiger partial charge in [-0.3, -0.25) is 4.79 Å². The summed E-state index contributed by atoms with van der Waals surface area (Å²) >= 11 is 0. The van der Waals surface area contributed by atoms with E-state index >= 15 is 0 Å². The summed E-state index contributed by atoms with van der Waals surface area (Å²) in [6.07, 6.45) is -6.33. The number of hydrogen-bond donors (Lipinski definition) is 5. The first-order valence-corrected chi connectivity index (χ1v) is 5.43. The Labute approximate surface area is 107 Å². The van der Waals surface area contributed by atoms with Gasteiger partial charge in [-0.05, 0) is 6.07 Å². The molecule has 0 radical (unpaired) electrons. The first-order chi connectivity index (χ1) is 8.97. The largest absolute Gasteiger partial charge is 0.447 e. The van der Waals surface area contributed by atoms with E-state index in [1.165, 1.54) is 12.3 Å². The highest BCUT2D eigenvalue weighted by molar-refractivity contribution is 5.82. The van der Waals surface area contributed by atoms with Gasteiger partial charge in [0.2, 0.25) is 5.55 Å². The quantitative estimate of drug-likeness (QED) is 0.388. The minimum atomic E-state index is -2.05. The van der Waals surface area contributed by atoms with Gasteiger partial charge in [-0.1, -0.05) is 6.07 Å². The predicted octanol–water partition coefficient (Wildman–Crippen LogP) is -2.86. The summed E-state index contributed by atoms with van der Waals surface area (Å²) in [6.45, 7) is -0.829. The number of hydrogen-bond acceptors (Lipinski definition) is 7. The summed E-state index contributed by atoms with van der Waals surface area (Å²) in [5, 5.41) is 45.9. The standard InChI is InChI=1S/C11H15NO7/c13-5-6(14)8(15)9(16)10(17)11(18)12-7-3-1-2-4-19-7/h1-4,6,8-10,13-17H,5H2/t6-,8-,9+,10-/m1/s1. The average Bonchev–Trinajstić information content (AvgIpc) is 2.44. The molecule has 0 aliphatic heterocycles. The third kappa shape index (κ3) is 4.23. The molecule has 0 unspecified atom stereocenters. The molecule has 0 aliphatic carbocycles. The molecule has 4 atom stereocenters. The number of amides is 1. The fourth-order valence-electron chi connectivity index (χ4n) is 1.24. The minimum absolute atomic E-state index is 0.0871. The first kappa shape index (κ1) is 15.5. The fourth-order valence-corrected chi connectivity index (χ4v) is 1.24. The second kappa shape index (κ2) is 7.12. The van der Waals surface area contributed by atoms with Crippen LogP contribution in [0.2, 0.25) is 0 Å². The van der Waals surface area contributed by atoms with Crippen molar-refractivity contribution in [2.75, 3.05) is 6.61 Å². The van der Waals surface area contributed by atoms with Crippen molar-refractivity contribution >= 4 is 5.91 Å². The fraction of sp³-hybridized carbons (Fsp3) is 0.455. The molecule has 106 valence electrons. The van der Waals surface area contributed by atoms with Gasteiger partial charge in [-0.25, -0.2) is 0 Å². The third-order valence-electron chi connectivity index (χ3n) is 2.35. The minimum Gasteiger partial charge on any atom is -0.447 e. The Bertz CT molecular complexity index is 455. The van der Waals surface area contributed by atoms with Crippen molar-refractivity contribution in [3.63, 3.8) is 0 Å². The lowest BCUT2D eigenvalue weighted by atomic mass is 10.0. The van der Waals surface area contributed by atoms with Crippen LogP contribution >= 0.6 is 0 Å². The zero-order chi connectivity index (χ0) is 14.4. The second-order valence-electron chi connectivity index (χ2n) is 3.77. The van der Waals surface area contributed by atoms with E-state index in [0.29, 0.717) is 0 Å². The van der Waals surface area contributed by atoms with Crippen molar-refractivity contribution in [3.8, 4) is 0 Å². The molecule has 0 saturated carbocycles. The van der Waals surface area contributed by atoms with Crippen LogP contribution in [0.4, 0.5) is 0 Å². The molecule has 0 aliphatic rings. The number of carbonyl (C=O) groups excluding carboxylic acids is 1. The van der Waals surface area contributed by atoms with Crippen molar-refractivity contribution in [1.29, 1.82) is 0 Å². The van der Waals surface area contributed by atoms with E-state index in [4.69, 9.17) is 14.6 Å². The van der Waals surface area contributed by atoms with Gasteiger partial charge >= 0.3 is 0 Å². The molecule has 8 heteroatoms. The first-order valence-electron chi connectivity index (χ1n) is 5.43. The Morgan fingerprint density at radius 1 is 1.21 bits per heavy atom. The maximum Gasteiger partial charge on any atom is 0.280 e. The van der Waals surface area contributed by atoms with E-state index in [1.54, 1.807) is 12.1 Å². The van der Waals surface area contributed by atoms with Gasteiger partial charge in [0.05, 0.1) is 12.9 Å². The highest BCUT2D eigenvalue weighted by atomic mass is 16.4. The lowest BCUT2D eigenvalue weighted by Crippen LogP contribution is -2.48. The topological polar surface area (TPSA) is 144 Å². The van der Waals surface area contributed by atoms with E-state index in [9.17, 15) is 20.1 Å². The van der Waals surface area contributed by atoms with Crippen LogP contribution in [-0.4, -0.2) is 62.5 Å². The van der Waals surface area contributed by atoms with Gasteiger partial charge in [-0.15, -0.1) is 0 Å². The zero-order valence-corrected chi connectivity index (χ0v) is 9.83. The summed E-state index contributed by atoms with van der Waals surface area (Å²) in [7, 11) is 0. The molecule has 8 nitrogen and oxygen atoms in total. The summed E-state index contributed by atoms with van der Waals surface area (Å²) < 4.78 is 4.82. The van der Waals surface area contributed by atoms with Crippen LogP contribution in [0.15, 0.2) is 33.9 Å². The second-order valence-corrected chi connectivity index (χ2v) is 3.77. The average molecular weight is 273 g/mol. The van der Waals surface area contributed by atoms with Crippen LogP contribution in [0.3, 0.4) is 0 Å². The van der Waals surface area contributed by atoms with Crippen molar-refractivity contribution in [2.45, 2.75) is 24.4 Å². The van der Waals surface area contributed by atoms with Crippen LogP contribution in [0, 0.1) is 0 Å². The van der Waals surface area contributed by atoms with Crippen molar-refractivity contribution in [2.24, 2.45) is 4.99 Å². The Morgan fingerprint density at radius 3 is 2.42 bits per heavy atom. The Morgan fingerprint density at radius 2 is 1.89 bits per heavy atom. The summed E-state index contributed by atoms with van der Waals surface area (Å²) in [6, 6.07) is 4.45. The van der Waals surface area contributed by atoms with Gasteiger partial charge in [0.25, 0.3) is 5.91 Å². The zero-order valence-electron chi connectivity index (χ0n) is 9.83. The molecule has 0 spiro atoms. The third-order valence-corrected chi connectivity index (χ3v) is 2.35. The summed E-state index contributed by atoms with van der Waals surface area (Å²) in [5.74, 6) is -1.15. The molecule has 19 heavy (non-hydrogen) atoms. The summed E-state index contributed by atoms with van der Waals surface area (Å²) in [4.78, 5) is 14.9. The molecule has 0 saturated heterocycles. The SMILES string of the molecule is O=C(N=c1cccco1)[C@H](O)[C@@H](O)[C@H](O)[C@H](O)CO. The van der Waals surface area contributed by atoms with Gasteiger partial charge in [-0.2, -0.15) is 4.99 Å². The van der Waals surface area contributed by atoms with Gasteiger partial charge in [0.1, 0.15) is 18.3 Å². The molecule has 1 aromatic heterocycles. The molecule has 1 heterocycles. The van der Waals surface area contributed by atoms with Crippen LogP contribution in [0.1, 0.15) is 0 Å². The van der Waals surface area contributed by atoms with Crippen LogP contribution in [0.5, 0.6) is 0 Å². The number of rotatable bonds is 5. The monoisotopic (exact) mass is 273 g/mol. The number of aliphatic hydroxyl groups excluding tert-OH is 5. The molecule has 1 rings (SSSR count). The molecule has 0 bridgehead atoms. The number of aliphatic hydroxyl groups is 5. The lowest BCUT2D eigenvalue weighted by molar-refractivity contribution is -0.146. The van der Waals surface area contributed by atoms with Gasteiger partial charge < -0.3 is 29.9 Å². The van der Waals surface area contributed by atoms with E-state index in [0.717, 1.165) is 0 Å². The van der Waals surface area contributed by atoms with Crippen molar-refractivity contribution in [1.82, 2.24) is 0 Å². The van der Waals surface area contributed by atoms with Crippen molar-refractivity contribution in [3.05, 3.63) is 30.0 Å². The molecule has 0 aromatic carbocycles. The van der Waals surface area contributed by atoms with E-state index in [2.05, 4.69) is 4.99 Å². The number of carbonyl (C=O) groups is 1. The van der Waals surface area contributed by atoms with E-state index in [-0.39, 0.29) is 5.55 Å². The maximum absolute atomic E-state index is 11.5. The molecule has 1 amide bonds. The van der Waals surface area contributed by atoms with E-state index in [1.807, 2.05) is 0 Å². The highest BCUT2D eigenvalue weighted by Gasteiger charge is 2.34. The van der Waals surface area contributed by atoms with Crippen LogP contribution in [0.25, 0.3) is 0 Å². The lowest BCUT2D eigenvalue weighted by Gasteiger charge is -2.23. The van der Waals surface area contributed by atoms with Gasteiger partial charge in [0.15, 0.2) is 6.10 Å². The maximum atomic E-state index is 11.5. The Hall–Kier alpha value is -1.58. The van der Waals surface area contributed by atoms with Gasteiger partial charge in [0, 0.05) is 6.07 Å². The highest BCUT2D eigenvalue weighted by Crippen LogP contribution is 2.06. The number of nitrogens with zero attached hydrogens (tertiary/aromatic N) is 1. The normalized spacial score (nSPS) is 18.7. The molecular formula is C11H15NO7.